The summed E-state index contributed by atoms with van der Waals surface area (Å²) in [5, 5.41) is 6.16. The van der Waals surface area contributed by atoms with Gasteiger partial charge in [-0.15, -0.1) is 11.3 Å². The van der Waals surface area contributed by atoms with Crippen LogP contribution in [-0.4, -0.2) is 14.1 Å². The van der Waals surface area contributed by atoms with Crippen LogP contribution >= 0.6 is 11.3 Å². The summed E-state index contributed by atoms with van der Waals surface area (Å²) < 4.78 is 6.03. The number of benzene rings is 5. The molecular formula is C35H21N3S. The minimum atomic E-state index is 1.05. The van der Waals surface area contributed by atoms with Crippen molar-refractivity contribution in [2.45, 2.75) is 0 Å². The van der Waals surface area contributed by atoms with Gasteiger partial charge in [0.15, 0.2) is 0 Å². The van der Waals surface area contributed by atoms with Gasteiger partial charge in [-0.3, -0.25) is 0 Å². The van der Waals surface area contributed by atoms with Gasteiger partial charge >= 0.3 is 0 Å². The van der Waals surface area contributed by atoms with E-state index in [-0.39, 0.29) is 0 Å². The van der Waals surface area contributed by atoms with E-state index in [1.807, 2.05) is 0 Å². The zero-order chi connectivity index (χ0) is 25.5. The maximum absolute atomic E-state index is 5.24. The zero-order valence-electron chi connectivity index (χ0n) is 20.9. The fraction of sp³-hybridized carbons (Fsp3) is 0. The molecule has 0 spiro atoms. The van der Waals surface area contributed by atoms with Gasteiger partial charge in [0.2, 0.25) is 0 Å². The lowest BCUT2D eigenvalue weighted by atomic mass is 10.1. The molecule has 4 heterocycles. The van der Waals surface area contributed by atoms with E-state index in [4.69, 9.17) is 4.98 Å². The zero-order valence-corrected chi connectivity index (χ0v) is 21.7. The molecule has 0 aliphatic heterocycles. The lowest BCUT2D eigenvalue weighted by Gasteiger charge is -2.10. The Morgan fingerprint density at radius 1 is 0.436 bits per heavy atom. The number of hydrogen-bond acceptors (Lipinski definition) is 2. The molecule has 0 unspecified atom stereocenters. The summed E-state index contributed by atoms with van der Waals surface area (Å²) >= 11 is 1.77. The van der Waals surface area contributed by atoms with Gasteiger partial charge in [0.1, 0.15) is 4.83 Å². The van der Waals surface area contributed by atoms with Crippen molar-refractivity contribution in [3.8, 4) is 11.4 Å². The molecule has 9 aromatic rings. The Labute approximate surface area is 227 Å². The standard InChI is InChI=1S/C35H21N3S/c1-2-10-22(11-3-1)37-29-15-7-4-12-24(29)27-20-23(18-19-31(27)37)38-30-16-8-5-14-26(30)34-32(38)21-28-25-13-6-9-17-33(25)39-35(28)36-34/h1-21H. The molecule has 4 aromatic heterocycles. The molecule has 0 atom stereocenters. The third-order valence-electron chi connectivity index (χ3n) is 7.92. The maximum atomic E-state index is 5.24. The largest absolute Gasteiger partial charge is 0.309 e. The molecule has 0 N–H and O–H groups in total. The average Bonchev–Trinajstić information content (AvgIpc) is 3.63. The molecule has 4 heteroatoms. The van der Waals surface area contributed by atoms with Gasteiger partial charge in [-0.05, 0) is 54.6 Å². The van der Waals surface area contributed by atoms with Gasteiger partial charge in [0.05, 0.1) is 27.6 Å². The number of rotatable bonds is 2. The molecule has 0 saturated heterocycles. The van der Waals surface area contributed by atoms with Crippen molar-refractivity contribution < 1.29 is 0 Å². The van der Waals surface area contributed by atoms with E-state index in [2.05, 4.69) is 137 Å². The van der Waals surface area contributed by atoms with Crippen LogP contribution in [0.3, 0.4) is 0 Å². The van der Waals surface area contributed by atoms with Gasteiger partial charge in [0, 0.05) is 43.0 Å². The normalized spacial score (nSPS) is 12.1. The first kappa shape index (κ1) is 21.1. The molecule has 5 aromatic carbocycles. The molecule has 3 nitrogen and oxygen atoms in total. The fourth-order valence-electron chi connectivity index (χ4n) is 6.24. The smallest absolute Gasteiger partial charge is 0.125 e. The van der Waals surface area contributed by atoms with E-state index in [0.717, 1.165) is 21.6 Å². The van der Waals surface area contributed by atoms with Crippen LogP contribution in [0.2, 0.25) is 0 Å². The Kier molecular flexibility index (Phi) is 4.21. The van der Waals surface area contributed by atoms with E-state index in [1.54, 1.807) is 11.3 Å². The Morgan fingerprint density at radius 3 is 1.92 bits per heavy atom. The van der Waals surface area contributed by atoms with Crippen LogP contribution in [0, 0.1) is 0 Å². The van der Waals surface area contributed by atoms with Crippen LogP contribution in [0.4, 0.5) is 0 Å². The fourth-order valence-corrected chi connectivity index (χ4v) is 7.30. The lowest BCUT2D eigenvalue weighted by molar-refractivity contribution is 1.16. The second kappa shape index (κ2) is 7.79. The number of hydrogen-bond donors (Lipinski definition) is 0. The SMILES string of the molecule is c1ccc(-n2c3ccccc3c3cc(-n4c5ccccc5c5nc6sc7ccccc7c6cc54)ccc32)cc1. The minimum absolute atomic E-state index is 1.05. The molecule has 0 fully saturated rings. The van der Waals surface area contributed by atoms with Crippen molar-refractivity contribution >= 4 is 75.4 Å². The van der Waals surface area contributed by atoms with Gasteiger partial charge in [-0.1, -0.05) is 72.8 Å². The number of pyridine rings is 1. The Balaban J connectivity index is 1.39. The van der Waals surface area contributed by atoms with Crippen LogP contribution in [0.25, 0.3) is 75.4 Å². The molecule has 0 radical (unpaired) electrons. The van der Waals surface area contributed by atoms with Crippen LogP contribution in [-0.2, 0) is 0 Å². The van der Waals surface area contributed by atoms with Gasteiger partial charge in [-0.2, -0.15) is 0 Å². The highest BCUT2D eigenvalue weighted by atomic mass is 32.1. The van der Waals surface area contributed by atoms with Crippen LogP contribution in [0.1, 0.15) is 0 Å². The first-order valence-electron chi connectivity index (χ1n) is 13.2. The summed E-state index contributed by atoms with van der Waals surface area (Å²) in [6, 6.07) is 45.8. The third-order valence-corrected chi connectivity index (χ3v) is 9.00. The quantitative estimate of drug-likeness (QED) is 0.225. The second-order valence-electron chi connectivity index (χ2n) is 10.0. The molecule has 0 bridgehead atoms. The van der Waals surface area contributed by atoms with Crippen LogP contribution < -0.4 is 0 Å². The first-order valence-corrected chi connectivity index (χ1v) is 14.0. The predicted octanol–water partition coefficient (Wildman–Crippen LogP) is 9.64. The molecule has 9 rings (SSSR count). The molecule has 0 amide bonds. The maximum Gasteiger partial charge on any atom is 0.125 e. The van der Waals surface area contributed by atoms with Crippen molar-refractivity contribution in [1.82, 2.24) is 14.1 Å². The highest BCUT2D eigenvalue weighted by Gasteiger charge is 2.18. The van der Waals surface area contributed by atoms with E-state index in [0.29, 0.717) is 0 Å². The number of aromatic nitrogens is 3. The second-order valence-corrected chi connectivity index (χ2v) is 11.1. The van der Waals surface area contributed by atoms with Crippen molar-refractivity contribution in [1.29, 1.82) is 0 Å². The summed E-state index contributed by atoms with van der Waals surface area (Å²) in [6.45, 7) is 0. The summed E-state index contributed by atoms with van der Waals surface area (Å²) in [7, 11) is 0. The van der Waals surface area contributed by atoms with E-state index in [1.165, 1.54) is 53.9 Å². The first-order chi connectivity index (χ1) is 19.3. The number of thiophene rings is 1. The topological polar surface area (TPSA) is 22.8 Å². The minimum Gasteiger partial charge on any atom is -0.309 e. The third kappa shape index (κ3) is 2.89. The summed E-state index contributed by atoms with van der Waals surface area (Å²) in [5.41, 5.74) is 8.10. The van der Waals surface area contributed by atoms with E-state index >= 15 is 0 Å². The van der Waals surface area contributed by atoms with Crippen LogP contribution in [0.5, 0.6) is 0 Å². The van der Waals surface area contributed by atoms with Crippen molar-refractivity contribution in [2.75, 3.05) is 0 Å². The molecular weight excluding hydrogens is 494 g/mol. The van der Waals surface area contributed by atoms with Crippen LogP contribution in [0.15, 0.2) is 127 Å². The Bertz CT molecular complexity index is 2390. The van der Waals surface area contributed by atoms with Gasteiger partial charge in [-0.25, -0.2) is 4.98 Å². The van der Waals surface area contributed by atoms with Gasteiger partial charge in [0.25, 0.3) is 0 Å². The Hall–Kier alpha value is -4.93. The summed E-state index contributed by atoms with van der Waals surface area (Å²) in [5.74, 6) is 0. The van der Waals surface area contributed by atoms with E-state index < -0.39 is 0 Å². The summed E-state index contributed by atoms with van der Waals surface area (Å²) in [6.07, 6.45) is 0. The number of fused-ring (bicyclic) bond motifs is 9. The van der Waals surface area contributed by atoms with E-state index in [9.17, 15) is 0 Å². The number of nitrogens with zero attached hydrogens (tertiary/aromatic N) is 3. The summed E-state index contributed by atoms with van der Waals surface area (Å²) in [4.78, 5) is 6.33. The molecule has 39 heavy (non-hydrogen) atoms. The molecule has 0 aliphatic rings. The van der Waals surface area contributed by atoms with Gasteiger partial charge < -0.3 is 9.13 Å². The highest BCUT2D eigenvalue weighted by molar-refractivity contribution is 7.25. The average molecular weight is 516 g/mol. The van der Waals surface area contributed by atoms with Crippen molar-refractivity contribution in [3.05, 3.63) is 127 Å². The lowest BCUT2D eigenvalue weighted by Crippen LogP contribution is -1.95. The molecule has 0 aliphatic carbocycles. The van der Waals surface area contributed by atoms with Crippen molar-refractivity contribution in [3.63, 3.8) is 0 Å². The molecule has 0 saturated carbocycles. The molecule has 182 valence electrons. The highest BCUT2D eigenvalue weighted by Crippen LogP contribution is 2.40. The van der Waals surface area contributed by atoms with Crippen molar-refractivity contribution in [2.24, 2.45) is 0 Å². The predicted molar refractivity (Wildman–Crippen MR) is 166 cm³/mol. The Morgan fingerprint density at radius 2 is 1.08 bits per heavy atom. The monoisotopic (exact) mass is 515 g/mol. The number of para-hydroxylation sites is 3.